The number of carboxylic acid groups (broad SMARTS) is 1. The van der Waals surface area contributed by atoms with Gasteiger partial charge >= 0.3 is 11.9 Å². The van der Waals surface area contributed by atoms with Crippen molar-refractivity contribution < 1.29 is 24.0 Å². The molecular weight excluding hydrogens is 332 g/mol. The minimum atomic E-state index is -0.780. The summed E-state index contributed by atoms with van der Waals surface area (Å²) >= 11 is 0. The van der Waals surface area contributed by atoms with Crippen LogP contribution >= 0.6 is 0 Å². The Kier molecular flexibility index (Phi) is 4.61. The highest BCUT2D eigenvalue weighted by atomic mass is 16.5. The van der Waals surface area contributed by atoms with Crippen molar-refractivity contribution in [1.82, 2.24) is 4.98 Å². The summed E-state index contributed by atoms with van der Waals surface area (Å²) in [5.41, 5.74) is 6.70. The fraction of sp³-hybridized carbons (Fsp3) is 0.450. The van der Waals surface area contributed by atoms with Crippen LogP contribution in [0.5, 0.6) is 0 Å². The van der Waals surface area contributed by atoms with Crippen molar-refractivity contribution in [3.63, 3.8) is 0 Å². The van der Waals surface area contributed by atoms with E-state index >= 15 is 0 Å². The van der Waals surface area contributed by atoms with Gasteiger partial charge in [0, 0.05) is 37.5 Å². The molecule has 0 bridgehead atoms. The summed E-state index contributed by atoms with van der Waals surface area (Å²) < 4.78 is 7.39. The Morgan fingerprint density at radius 3 is 2.62 bits per heavy atom. The van der Waals surface area contributed by atoms with Crippen LogP contribution in [-0.4, -0.2) is 28.6 Å². The second-order valence-corrected chi connectivity index (χ2v) is 6.84. The smallest absolute Gasteiger partial charge is 0.355 e. The van der Waals surface area contributed by atoms with E-state index in [1.165, 1.54) is 0 Å². The Labute approximate surface area is 152 Å². The molecule has 0 fully saturated rings. The minimum absolute atomic E-state index is 0.106. The molecule has 0 radical (unpaired) electrons. The van der Waals surface area contributed by atoms with Crippen LogP contribution in [0.25, 0.3) is 16.5 Å². The minimum Gasteiger partial charge on any atom is -0.481 e. The molecule has 1 aliphatic heterocycles. The maximum absolute atomic E-state index is 12.2. The number of hydrogen-bond acceptors (Lipinski definition) is 3. The van der Waals surface area contributed by atoms with Crippen LogP contribution in [0.1, 0.15) is 67.1 Å². The third kappa shape index (κ3) is 2.69. The van der Waals surface area contributed by atoms with Crippen LogP contribution in [0.3, 0.4) is 0 Å². The summed E-state index contributed by atoms with van der Waals surface area (Å²) in [7, 11) is 0. The Balaban J connectivity index is 2.14. The Morgan fingerprint density at radius 2 is 2.00 bits per heavy atom. The average Bonchev–Trinajstić information content (AvgIpc) is 3.02. The van der Waals surface area contributed by atoms with E-state index in [1.54, 1.807) is 6.92 Å². The lowest BCUT2D eigenvalue weighted by atomic mass is 10.0. The summed E-state index contributed by atoms with van der Waals surface area (Å²) in [6, 6.07) is 2.16. The van der Waals surface area contributed by atoms with Crippen molar-refractivity contribution >= 4 is 28.4 Å². The maximum atomic E-state index is 12.2. The second-order valence-electron chi connectivity index (χ2n) is 6.84. The molecule has 6 heteroatoms. The fourth-order valence-corrected chi connectivity index (χ4v) is 4.17. The number of aryl methyl sites for hydroxylation is 2. The van der Waals surface area contributed by atoms with Crippen molar-refractivity contribution in [2.45, 2.75) is 53.5 Å². The van der Waals surface area contributed by atoms with E-state index in [1.807, 2.05) is 20.8 Å². The molecule has 3 rings (SSSR count). The molecule has 0 amide bonds. The molecule has 0 aliphatic carbocycles. The number of carbonyl (C=O) groups excluding carboxylic acids is 1. The summed E-state index contributed by atoms with van der Waals surface area (Å²) in [4.78, 5) is 26.4. The number of aliphatic carboxylic acids is 1. The maximum Gasteiger partial charge on any atom is 0.355 e. The van der Waals surface area contributed by atoms with Gasteiger partial charge in [-0.1, -0.05) is 0 Å². The highest BCUT2D eigenvalue weighted by molar-refractivity contribution is 5.99. The van der Waals surface area contributed by atoms with Gasteiger partial charge in [-0.05, 0) is 32.8 Å². The SMILES string of the molecule is CCOC(=O)c1[nH]c2cc3[n+](c(C)c2c1C)[C@@H](C)C(CCC(=O)O)=C3C. The number of pyridine rings is 1. The van der Waals surface area contributed by atoms with Gasteiger partial charge in [0.25, 0.3) is 0 Å². The van der Waals surface area contributed by atoms with Gasteiger partial charge in [-0.3, -0.25) is 4.79 Å². The Morgan fingerprint density at radius 1 is 1.31 bits per heavy atom. The molecule has 26 heavy (non-hydrogen) atoms. The largest absolute Gasteiger partial charge is 0.481 e. The molecule has 0 saturated carbocycles. The number of aromatic amines is 1. The predicted octanol–water partition coefficient (Wildman–Crippen LogP) is 3.46. The molecule has 2 N–H and O–H groups in total. The normalized spacial score (nSPS) is 16.3. The topological polar surface area (TPSA) is 83.3 Å². The van der Waals surface area contributed by atoms with Crippen LogP contribution in [0.2, 0.25) is 0 Å². The monoisotopic (exact) mass is 357 g/mol. The molecule has 6 nitrogen and oxygen atoms in total. The van der Waals surface area contributed by atoms with Crippen LogP contribution in [0.4, 0.5) is 0 Å². The van der Waals surface area contributed by atoms with Gasteiger partial charge in [0.05, 0.1) is 17.5 Å². The average molecular weight is 357 g/mol. The zero-order chi connectivity index (χ0) is 19.2. The summed E-state index contributed by atoms with van der Waals surface area (Å²) in [5, 5.41) is 10.0. The first-order valence-corrected chi connectivity index (χ1v) is 8.94. The van der Waals surface area contributed by atoms with Crippen molar-refractivity contribution in [3.05, 3.63) is 34.3 Å². The molecule has 2 aromatic heterocycles. The number of ether oxygens (including phenoxy) is 1. The first-order chi connectivity index (χ1) is 12.3. The van der Waals surface area contributed by atoms with Gasteiger partial charge in [0.1, 0.15) is 5.69 Å². The molecule has 1 atom stereocenters. The summed E-state index contributed by atoms with van der Waals surface area (Å²) in [5.74, 6) is -1.12. The van der Waals surface area contributed by atoms with E-state index in [0.29, 0.717) is 18.7 Å². The van der Waals surface area contributed by atoms with Gasteiger partial charge in [-0.2, -0.15) is 4.57 Å². The van der Waals surface area contributed by atoms with E-state index in [-0.39, 0.29) is 18.4 Å². The van der Waals surface area contributed by atoms with Gasteiger partial charge < -0.3 is 14.8 Å². The van der Waals surface area contributed by atoms with Gasteiger partial charge in [-0.15, -0.1) is 0 Å². The highest BCUT2D eigenvalue weighted by Gasteiger charge is 2.37. The number of carbonyl (C=O) groups is 2. The third-order valence-corrected chi connectivity index (χ3v) is 5.39. The zero-order valence-corrected chi connectivity index (χ0v) is 15.9. The number of aromatic nitrogens is 2. The van der Waals surface area contributed by atoms with Gasteiger partial charge in [0.15, 0.2) is 11.7 Å². The van der Waals surface area contributed by atoms with Crippen molar-refractivity contribution in [3.8, 4) is 0 Å². The van der Waals surface area contributed by atoms with Crippen molar-refractivity contribution in [2.24, 2.45) is 0 Å². The lowest BCUT2D eigenvalue weighted by Gasteiger charge is -2.08. The number of hydrogen-bond donors (Lipinski definition) is 2. The Hall–Kier alpha value is -2.63. The predicted molar refractivity (Wildman–Crippen MR) is 98.1 cm³/mol. The van der Waals surface area contributed by atoms with Crippen molar-refractivity contribution in [1.29, 1.82) is 0 Å². The molecule has 1 aliphatic rings. The molecule has 3 heterocycles. The van der Waals surface area contributed by atoms with Crippen LogP contribution in [0.15, 0.2) is 11.6 Å². The van der Waals surface area contributed by atoms with E-state index in [2.05, 4.69) is 22.5 Å². The van der Waals surface area contributed by atoms with Crippen LogP contribution in [-0.2, 0) is 9.53 Å². The zero-order valence-electron chi connectivity index (χ0n) is 15.9. The summed E-state index contributed by atoms with van der Waals surface area (Å²) in [6.45, 7) is 10.2. The highest BCUT2D eigenvalue weighted by Crippen LogP contribution is 2.36. The first kappa shape index (κ1) is 18.2. The number of nitrogens with zero attached hydrogens (tertiary/aromatic N) is 1. The second kappa shape index (κ2) is 6.59. The lowest BCUT2D eigenvalue weighted by molar-refractivity contribution is -0.712. The summed E-state index contributed by atoms with van der Waals surface area (Å²) in [6.07, 6.45) is 0.680. The molecule has 2 aromatic rings. The molecular formula is C20H25N2O4+. The van der Waals surface area contributed by atoms with Crippen molar-refractivity contribution in [2.75, 3.05) is 6.61 Å². The standard InChI is InChI=1S/C20H24N2O4/c1-6-26-20(25)19-11(3)18-13(5)22-12(4)14(7-8-17(23)24)10(2)16(22)9-15(18)21-19/h9,12H,6-8H2,1-5H3,(H,23,24)/p+1/t12-/m0/s1. The van der Waals surface area contributed by atoms with Gasteiger partial charge in [-0.25, -0.2) is 4.79 Å². The van der Waals surface area contributed by atoms with Gasteiger partial charge in [0.2, 0.25) is 5.69 Å². The quantitative estimate of drug-likeness (QED) is 0.634. The van der Waals surface area contributed by atoms with E-state index < -0.39 is 5.97 Å². The lowest BCUT2D eigenvalue weighted by Crippen LogP contribution is -2.41. The first-order valence-electron chi connectivity index (χ1n) is 8.94. The van der Waals surface area contributed by atoms with Crippen LogP contribution < -0.4 is 4.57 Å². The molecule has 138 valence electrons. The molecule has 0 spiro atoms. The number of rotatable bonds is 5. The van der Waals surface area contributed by atoms with Crippen LogP contribution in [0, 0.1) is 13.8 Å². The van der Waals surface area contributed by atoms with E-state index in [0.717, 1.165) is 39.0 Å². The third-order valence-electron chi connectivity index (χ3n) is 5.39. The number of allylic oxidation sites excluding steroid dienone is 2. The number of esters is 1. The van der Waals surface area contributed by atoms with E-state index in [4.69, 9.17) is 9.84 Å². The number of fused-ring (bicyclic) bond motifs is 2. The number of carboxylic acids is 1. The number of nitrogens with one attached hydrogen (secondary N) is 1. The molecule has 0 saturated heterocycles. The fourth-order valence-electron chi connectivity index (χ4n) is 4.17. The number of H-pyrrole nitrogens is 1. The molecule has 0 aromatic carbocycles. The molecule has 0 unspecified atom stereocenters. The Bertz CT molecular complexity index is 953. The van der Waals surface area contributed by atoms with E-state index in [9.17, 15) is 9.59 Å².